The second kappa shape index (κ2) is 4.92. The van der Waals surface area contributed by atoms with Gasteiger partial charge in [-0.05, 0) is 12.1 Å². The summed E-state index contributed by atoms with van der Waals surface area (Å²) in [5.41, 5.74) is 1.70. The summed E-state index contributed by atoms with van der Waals surface area (Å²) in [5.74, 6) is 1.40. The molecule has 0 aliphatic carbocycles. The molecule has 1 fully saturated rings. The molecule has 102 valence electrons. The van der Waals surface area contributed by atoms with Gasteiger partial charge in [0.05, 0.1) is 0 Å². The highest BCUT2D eigenvalue weighted by Gasteiger charge is 2.28. The Balaban J connectivity index is 1.92. The van der Waals surface area contributed by atoms with Crippen LogP contribution in [0.15, 0.2) is 41.4 Å². The second-order valence-electron chi connectivity index (χ2n) is 4.89. The Morgan fingerprint density at radius 2 is 2.35 bits per heavy atom. The molecule has 0 bridgehead atoms. The van der Waals surface area contributed by atoms with Crippen molar-refractivity contribution in [1.82, 2.24) is 10.1 Å². The maximum absolute atomic E-state index is 12.0. The predicted octanol–water partition coefficient (Wildman–Crippen LogP) is 2.58. The zero-order valence-corrected chi connectivity index (χ0v) is 11.2. The van der Waals surface area contributed by atoms with E-state index in [4.69, 9.17) is 4.52 Å². The number of anilines is 1. The van der Waals surface area contributed by atoms with Crippen LogP contribution in [0.25, 0.3) is 11.4 Å². The summed E-state index contributed by atoms with van der Waals surface area (Å²) in [7, 11) is 0. The normalized spacial score (nSPS) is 18.6. The molecule has 0 radical (unpaired) electrons. The highest BCUT2D eigenvalue weighted by molar-refractivity contribution is 5.96. The lowest BCUT2D eigenvalue weighted by molar-refractivity contribution is -0.117. The molecule has 3 rings (SSSR count). The van der Waals surface area contributed by atoms with Crippen LogP contribution in [-0.4, -0.2) is 22.6 Å². The maximum atomic E-state index is 12.0. The molecule has 5 nitrogen and oxygen atoms in total. The van der Waals surface area contributed by atoms with Gasteiger partial charge < -0.3 is 9.42 Å². The first-order valence-electron chi connectivity index (χ1n) is 6.51. The van der Waals surface area contributed by atoms with E-state index in [2.05, 4.69) is 16.7 Å². The van der Waals surface area contributed by atoms with E-state index in [0.29, 0.717) is 24.7 Å². The number of hydrogen-bond acceptors (Lipinski definition) is 4. The van der Waals surface area contributed by atoms with Crippen LogP contribution >= 0.6 is 0 Å². The summed E-state index contributed by atoms with van der Waals surface area (Å²) in [6.45, 7) is 6.19. The van der Waals surface area contributed by atoms with Crippen molar-refractivity contribution in [3.05, 3.63) is 42.8 Å². The number of amides is 1. The molecule has 2 heterocycles. The van der Waals surface area contributed by atoms with Gasteiger partial charge in [-0.1, -0.05) is 23.4 Å². The van der Waals surface area contributed by atoms with Crippen LogP contribution in [0.5, 0.6) is 0 Å². The van der Waals surface area contributed by atoms with Gasteiger partial charge in [0.15, 0.2) is 0 Å². The van der Waals surface area contributed by atoms with E-state index in [1.54, 1.807) is 11.8 Å². The Bertz CT molecular complexity index is 663. The maximum Gasteiger partial charge on any atom is 0.227 e. The molecular weight excluding hydrogens is 254 g/mol. The Kier molecular flexibility index (Phi) is 3.10. The Hall–Kier alpha value is -2.43. The van der Waals surface area contributed by atoms with Gasteiger partial charge in [-0.15, -0.1) is 6.58 Å². The molecule has 1 aromatic heterocycles. The van der Waals surface area contributed by atoms with Crippen LogP contribution in [0.3, 0.4) is 0 Å². The molecule has 1 unspecified atom stereocenters. The molecule has 1 aromatic carbocycles. The van der Waals surface area contributed by atoms with Crippen LogP contribution in [0.4, 0.5) is 5.69 Å². The number of rotatable bonds is 3. The topological polar surface area (TPSA) is 59.2 Å². The van der Waals surface area contributed by atoms with Crippen molar-refractivity contribution in [3.63, 3.8) is 0 Å². The van der Waals surface area contributed by atoms with Gasteiger partial charge in [-0.25, -0.2) is 0 Å². The number of carbonyl (C=O) groups is 1. The fraction of sp³-hybridized carbons (Fsp3) is 0.267. The fourth-order valence-electron chi connectivity index (χ4n) is 2.37. The monoisotopic (exact) mass is 269 g/mol. The Morgan fingerprint density at radius 1 is 1.50 bits per heavy atom. The third kappa shape index (κ3) is 2.22. The summed E-state index contributed by atoms with van der Waals surface area (Å²) in [4.78, 5) is 18.0. The van der Waals surface area contributed by atoms with Crippen molar-refractivity contribution < 1.29 is 9.32 Å². The first kappa shape index (κ1) is 12.6. The van der Waals surface area contributed by atoms with Crippen LogP contribution < -0.4 is 4.90 Å². The zero-order valence-electron chi connectivity index (χ0n) is 11.2. The predicted molar refractivity (Wildman–Crippen MR) is 75.1 cm³/mol. The SMILES string of the molecule is C=CC1CC(=O)N(c2cccc(-c3noc(C)n3)c2)C1. The van der Waals surface area contributed by atoms with E-state index in [0.717, 1.165) is 11.3 Å². The number of hydrogen-bond donors (Lipinski definition) is 0. The molecule has 0 spiro atoms. The molecule has 1 aliphatic heterocycles. The fourth-order valence-corrected chi connectivity index (χ4v) is 2.37. The van der Waals surface area contributed by atoms with E-state index in [-0.39, 0.29) is 11.8 Å². The molecule has 20 heavy (non-hydrogen) atoms. The molecule has 5 heteroatoms. The smallest absolute Gasteiger partial charge is 0.227 e. The summed E-state index contributed by atoms with van der Waals surface area (Å²) < 4.78 is 4.98. The van der Waals surface area contributed by atoms with Gasteiger partial charge in [0, 0.05) is 37.1 Å². The van der Waals surface area contributed by atoms with Crippen LogP contribution in [0.2, 0.25) is 0 Å². The van der Waals surface area contributed by atoms with E-state index >= 15 is 0 Å². The summed E-state index contributed by atoms with van der Waals surface area (Å²) >= 11 is 0. The van der Waals surface area contributed by atoms with Crippen molar-refractivity contribution in [3.8, 4) is 11.4 Å². The molecule has 0 N–H and O–H groups in total. The van der Waals surface area contributed by atoms with Gasteiger partial charge >= 0.3 is 0 Å². The van der Waals surface area contributed by atoms with Gasteiger partial charge in [0.25, 0.3) is 0 Å². The van der Waals surface area contributed by atoms with E-state index in [9.17, 15) is 4.79 Å². The van der Waals surface area contributed by atoms with Crippen molar-refractivity contribution in [1.29, 1.82) is 0 Å². The minimum absolute atomic E-state index is 0.122. The molecule has 2 aromatic rings. The van der Waals surface area contributed by atoms with Gasteiger partial charge in [-0.2, -0.15) is 4.98 Å². The lowest BCUT2D eigenvalue weighted by atomic mass is 10.1. The van der Waals surface area contributed by atoms with Crippen molar-refractivity contribution >= 4 is 11.6 Å². The number of aromatic nitrogens is 2. The Morgan fingerprint density at radius 3 is 3.00 bits per heavy atom. The lowest BCUT2D eigenvalue weighted by Crippen LogP contribution is -2.24. The largest absolute Gasteiger partial charge is 0.339 e. The molecule has 1 amide bonds. The van der Waals surface area contributed by atoms with Gasteiger partial charge in [0.1, 0.15) is 0 Å². The number of aryl methyl sites for hydroxylation is 1. The first-order chi connectivity index (χ1) is 9.67. The van der Waals surface area contributed by atoms with E-state index in [1.807, 2.05) is 30.3 Å². The second-order valence-corrected chi connectivity index (χ2v) is 4.89. The summed E-state index contributed by atoms with van der Waals surface area (Å²) in [6.07, 6.45) is 2.36. The van der Waals surface area contributed by atoms with Crippen LogP contribution in [-0.2, 0) is 4.79 Å². The summed E-state index contributed by atoms with van der Waals surface area (Å²) in [6, 6.07) is 7.62. The molecule has 0 saturated carbocycles. The van der Waals surface area contributed by atoms with Crippen LogP contribution in [0, 0.1) is 12.8 Å². The van der Waals surface area contributed by atoms with Crippen molar-refractivity contribution in [2.24, 2.45) is 5.92 Å². The van der Waals surface area contributed by atoms with Crippen molar-refractivity contribution in [2.45, 2.75) is 13.3 Å². The minimum Gasteiger partial charge on any atom is -0.339 e. The van der Waals surface area contributed by atoms with Gasteiger partial charge in [-0.3, -0.25) is 4.79 Å². The molecule has 1 saturated heterocycles. The van der Waals surface area contributed by atoms with Crippen LogP contribution in [0.1, 0.15) is 12.3 Å². The first-order valence-corrected chi connectivity index (χ1v) is 6.51. The number of benzene rings is 1. The average Bonchev–Trinajstić information content (AvgIpc) is 3.05. The standard InChI is InChI=1S/C15H15N3O2/c1-3-11-7-14(19)18(9-11)13-6-4-5-12(8-13)15-16-10(2)20-17-15/h3-6,8,11H,1,7,9H2,2H3. The molecular formula is C15H15N3O2. The minimum atomic E-state index is 0.122. The van der Waals surface area contributed by atoms with Crippen molar-refractivity contribution in [2.75, 3.05) is 11.4 Å². The highest BCUT2D eigenvalue weighted by atomic mass is 16.5. The average molecular weight is 269 g/mol. The van der Waals surface area contributed by atoms with E-state index < -0.39 is 0 Å². The third-order valence-electron chi connectivity index (χ3n) is 3.43. The molecule has 1 atom stereocenters. The van der Waals surface area contributed by atoms with Gasteiger partial charge in [0.2, 0.25) is 17.6 Å². The quantitative estimate of drug-likeness (QED) is 0.803. The highest BCUT2D eigenvalue weighted by Crippen LogP contribution is 2.28. The third-order valence-corrected chi connectivity index (χ3v) is 3.43. The summed E-state index contributed by atoms with van der Waals surface area (Å²) in [5, 5.41) is 3.90. The lowest BCUT2D eigenvalue weighted by Gasteiger charge is -2.16. The zero-order chi connectivity index (χ0) is 14.1. The molecule has 1 aliphatic rings. The number of nitrogens with zero attached hydrogens (tertiary/aromatic N) is 3. The van der Waals surface area contributed by atoms with E-state index in [1.165, 1.54) is 0 Å². The Labute approximate surface area is 116 Å². The number of carbonyl (C=O) groups excluding carboxylic acids is 1.